The maximum Gasteiger partial charge on any atom is 0.416 e. The second-order valence-corrected chi connectivity index (χ2v) is 6.96. The van der Waals surface area contributed by atoms with Gasteiger partial charge in [0.1, 0.15) is 5.82 Å². The first kappa shape index (κ1) is 20.6. The van der Waals surface area contributed by atoms with E-state index in [4.69, 9.17) is 0 Å². The molecule has 0 unspecified atom stereocenters. The highest BCUT2D eigenvalue weighted by Gasteiger charge is 2.32. The molecule has 0 atom stereocenters. The number of amides is 1. The molecule has 3 heterocycles. The smallest absolute Gasteiger partial charge is 0.366 e. The molecule has 0 aliphatic carbocycles. The van der Waals surface area contributed by atoms with Gasteiger partial charge in [-0.05, 0) is 30.3 Å². The molecule has 1 fully saturated rings. The van der Waals surface area contributed by atoms with Crippen LogP contribution in [0.15, 0.2) is 61.3 Å². The van der Waals surface area contributed by atoms with Crippen LogP contribution in [-0.2, 0) is 6.18 Å². The minimum atomic E-state index is -4.48. The van der Waals surface area contributed by atoms with Gasteiger partial charge in [-0.15, -0.1) is 0 Å². The van der Waals surface area contributed by atoms with E-state index in [2.05, 4.69) is 20.3 Å². The molecule has 0 saturated carbocycles. The van der Waals surface area contributed by atoms with Gasteiger partial charge in [-0.2, -0.15) is 13.2 Å². The summed E-state index contributed by atoms with van der Waals surface area (Å²) in [4.78, 5) is 28.6. The first-order valence-electron chi connectivity index (χ1n) is 9.60. The molecular weight excluding hydrogens is 409 g/mol. The Labute approximate surface area is 176 Å². The molecule has 0 spiro atoms. The highest BCUT2D eigenvalue weighted by atomic mass is 19.4. The van der Waals surface area contributed by atoms with Crippen molar-refractivity contribution in [1.29, 1.82) is 0 Å². The zero-order valence-corrected chi connectivity index (χ0v) is 16.4. The van der Waals surface area contributed by atoms with E-state index in [1.54, 1.807) is 30.7 Å². The third-order valence-corrected chi connectivity index (χ3v) is 4.99. The summed E-state index contributed by atoms with van der Waals surface area (Å²) in [6.07, 6.45) is 3.29. The van der Waals surface area contributed by atoms with Crippen molar-refractivity contribution in [3.63, 3.8) is 0 Å². The Balaban J connectivity index is 1.58. The monoisotopic (exact) mass is 428 g/mol. The van der Waals surface area contributed by atoms with Crippen molar-refractivity contribution in [1.82, 2.24) is 15.0 Å². The second-order valence-electron chi connectivity index (χ2n) is 6.96. The van der Waals surface area contributed by atoms with Gasteiger partial charge in [-0.25, -0.2) is 4.98 Å². The highest BCUT2D eigenvalue weighted by molar-refractivity contribution is 6.05. The number of alkyl halides is 3. The summed E-state index contributed by atoms with van der Waals surface area (Å²) in [5.41, 5.74) is 0.194. The minimum Gasteiger partial charge on any atom is -0.366 e. The number of anilines is 3. The number of hydrogen-bond donors (Lipinski definition) is 1. The van der Waals surface area contributed by atoms with E-state index in [-0.39, 0.29) is 0 Å². The molecule has 0 bridgehead atoms. The summed E-state index contributed by atoms with van der Waals surface area (Å²) in [6.45, 7) is 2.05. The lowest BCUT2D eigenvalue weighted by atomic mass is 10.1. The Kier molecular flexibility index (Phi) is 5.70. The Morgan fingerprint density at radius 3 is 2.32 bits per heavy atom. The first-order chi connectivity index (χ1) is 14.9. The maximum atomic E-state index is 13.3. The quantitative estimate of drug-likeness (QED) is 0.686. The number of carbonyl (C=O) groups is 1. The third kappa shape index (κ3) is 4.73. The van der Waals surface area contributed by atoms with Crippen LogP contribution in [0.2, 0.25) is 0 Å². The van der Waals surface area contributed by atoms with Gasteiger partial charge in [0.15, 0.2) is 0 Å². The topological polar surface area (TPSA) is 74.2 Å². The van der Waals surface area contributed by atoms with Crippen LogP contribution in [0.25, 0.3) is 0 Å². The van der Waals surface area contributed by atoms with Crippen molar-refractivity contribution in [3.05, 3.63) is 72.4 Å². The Hall–Kier alpha value is -3.69. The van der Waals surface area contributed by atoms with E-state index in [0.29, 0.717) is 43.1 Å². The number of aromatic nitrogens is 3. The zero-order valence-electron chi connectivity index (χ0n) is 16.4. The van der Waals surface area contributed by atoms with Gasteiger partial charge < -0.3 is 15.1 Å². The van der Waals surface area contributed by atoms with Gasteiger partial charge in [-0.3, -0.25) is 14.8 Å². The summed E-state index contributed by atoms with van der Waals surface area (Å²) in [6, 6.07) is 6.55. The molecule has 1 aromatic carbocycles. The Bertz CT molecular complexity index is 1040. The Morgan fingerprint density at radius 2 is 1.68 bits per heavy atom. The highest BCUT2D eigenvalue weighted by Crippen LogP contribution is 2.36. The predicted octanol–water partition coefficient (Wildman–Crippen LogP) is 3.47. The largest absolute Gasteiger partial charge is 0.416 e. The van der Waals surface area contributed by atoms with E-state index in [0.717, 1.165) is 18.0 Å². The lowest BCUT2D eigenvalue weighted by Gasteiger charge is -2.37. The lowest BCUT2D eigenvalue weighted by Crippen LogP contribution is -2.47. The molecule has 0 radical (unpaired) electrons. The van der Waals surface area contributed by atoms with Crippen LogP contribution >= 0.6 is 0 Å². The average Bonchev–Trinajstić information content (AvgIpc) is 2.80. The minimum absolute atomic E-state index is 0.315. The number of pyridine rings is 1. The number of hydrogen-bond acceptors (Lipinski definition) is 6. The normalized spacial score (nSPS) is 14.4. The van der Waals surface area contributed by atoms with Crippen molar-refractivity contribution in [2.75, 3.05) is 41.3 Å². The van der Waals surface area contributed by atoms with Gasteiger partial charge in [0.25, 0.3) is 5.91 Å². The van der Waals surface area contributed by atoms with Crippen LogP contribution in [0, 0.1) is 0 Å². The number of rotatable bonds is 4. The fraction of sp³-hybridized carbons (Fsp3) is 0.238. The fourth-order valence-corrected chi connectivity index (χ4v) is 3.40. The molecule has 1 N–H and O–H groups in total. The van der Waals surface area contributed by atoms with Crippen LogP contribution in [-0.4, -0.2) is 47.0 Å². The van der Waals surface area contributed by atoms with E-state index in [1.807, 2.05) is 9.80 Å². The molecule has 4 rings (SSSR count). The summed E-state index contributed by atoms with van der Waals surface area (Å²) in [5.74, 6) is 0.281. The van der Waals surface area contributed by atoms with Crippen molar-refractivity contribution in [3.8, 4) is 0 Å². The summed E-state index contributed by atoms with van der Waals surface area (Å²) < 4.78 is 40.0. The molecule has 3 aromatic rings. The van der Waals surface area contributed by atoms with Gasteiger partial charge in [-0.1, -0.05) is 0 Å². The number of piperazine rings is 1. The van der Waals surface area contributed by atoms with E-state index in [1.165, 1.54) is 18.5 Å². The van der Waals surface area contributed by atoms with E-state index >= 15 is 0 Å². The summed E-state index contributed by atoms with van der Waals surface area (Å²) >= 11 is 0. The lowest BCUT2D eigenvalue weighted by molar-refractivity contribution is -0.137. The van der Waals surface area contributed by atoms with Crippen LogP contribution in [0.4, 0.5) is 30.4 Å². The van der Waals surface area contributed by atoms with E-state index in [9.17, 15) is 18.0 Å². The van der Waals surface area contributed by atoms with Crippen molar-refractivity contribution in [2.45, 2.75) is 6.18 Å². The zero-order chi connectivity index (χ0) is 21.8. The molecule has 31 heavy (non-hydrogen) atoms. The summed E-state index contributed by atoms with van der Waals surface area (Å²) in [5, 5.41) is 2.72. The summed E-state index contributed by atoms with van der Waals surface area (Å²) in [7, 11) is 0. The fourth-order valence-electron chi connectivity index (χ4n) is 3.40. The van der Waals surface area contributed by atoms with Crippen molar-refractivity contribution < 1.29 is 18.0 Å². The van der Waals surface area contributed by atoms with Gasteiger partial charge in [0, 0.05) is 51.0 Å². The molecule has 1 aliphatic rings. The van der Waals surface area contributed by atoms with Crippen molar-refractivity contribution in [2.24, 2.45) is 0 Å². The number of carbonyl (C=O) groups excluding carboxylic acids is 1. The van der Waals surface area contributed by atoms with Crippen LogP contribution in [0.3, 0.4) is 0 Å². The molecule has 1 aliphatic heterocycles. The van der Waals surface area contributed by atoms with E-state index < -0.39 is 17.6 Å². The molecule has 160 valence electrons. The Morgan fingerprint density at radius 1 is 0.935 bits per heavy atom. The van der Waals surface area contributed by atoms with Gasteiger partial charge >= 0.3 is 6.18 Å². The van der Waals surface area contributed by atoms with Crippen LogP contribution in [0.1, 0.15) is 15.9 Å². The third-order valence-electron chi connectivity index (χ3n) is 4.99. The van der Waals surface area contributed by atoms with Gasteiger partial charge in [0.05, 0.1) is 28.7 Å². The first-order valence-corrected chi connectivity index (χ1v) is 9.60. The number of halogens is 3. The average molecular weight is 428 g/mol. The number of nitrogens with zero attached hydrogens (tertiary/aromatic N) is 5. The SMILES string of the molecule is O=C(Nc1ccc(C(F)(F)F)cc1N1CCN(c2cnccn2)CC1)c1cccnc1. The van der Waals surface area contributed by atoms with Crippen molar-refractivity contribution >= 4 is 23.1 Å². The molecule has 7 nitrogen and oxygen atoms in total. The van der Waals surface area contributed by atoms with Gasteiger partial charge in [0.2, 0.25) is 0 Å². The van der Waals surface area contributed by atoms with Crippen LogP contribution in [0.5, 0.6) is 0 Å². The maximum absolute atomic E-state index is 13.3. The number of benzene rings is 1. The second kappa shape index (κ2) is 8.58. The molecule has 1 amide bonds. The molecule has 2 aromatic heterocycles. The van der Waals surface area contributed by atoms with Crippen LogP contribution < -0.4 is 15.1 Å². The number of nitrogens with one attached hydrogen (secondary N) is 1. The standard InChI is InChI=1S/C21H19F3N6O/c22-21(23,24)16-3-4-17(28-20(31)15-2-1-5-25-13-15)18(12-16)29-8-10-30(11-9-29)19-14-26-6-7-27-19/h1-7,12-14H,8-11H2,(H,28,31). The molecule has 1 saturated heterocycles. The molecule has 10 heteroatoms. The predicted molar refractivity (Wildman–Crippen MR) is 110 cm³/mol. The molecular formula is C21H19F3N6O.